The molecule has 2 N–H and O–H groups in total. The molecule has 1 aromatic carbocycles. The van der Waals surface area contributed by atoms with Crippen LogP contribution in [0.3, 0.4) is 0 Å². The third kappa shape index (κ3) is 1.61. The van der Waals surface area contributed by atoms with E-state index in [4.69, 9.17) is 0 Å². The Morgan fingerprint density at radius 3 is 3.06 bits per heavy atom. The third-order valence-corrected chi connectivity index (χ3v) is 3.52. The summed E-state index contributed by atoms with van der Waals surface area (Å²) in [4.78, 5) is 0. The highest BCUT2D eigenvalue weighted by Gasteiger charge is 2.22. The molecule has 0 amide bonds. The largest absolute Gasteiger partial charge is 0.314 e. The van der Waals surface area contributed by atoms with Crippen molar-refractivity contribution in [3.63, 3.8) is 0 Å². The number of rotatable bonds is 1. The van der Waals surface area contributed by atoms with Crippen molar-refractivity contribution in [1.82, 2.24) is 15.5 Å². The zero-order valence-corrected chi connectivity index (χ0v) is 9.53. The third-order valence-electron chi connectivity index (χ3n) is 3.52. The second-order valence-corrected chi connectivity index (χ2v) is 4.73. The topological polar surface area (TPSA) is 40.7 Å². The zero-order chi connectivity index (χ0) is 11.0. The molecule has 0 aliphatic carbocycles. The molecule has 1 aliphatic rings. The minimum absolute atomic E-state index is 0.612. The van der Waals surface area contributed by atoms with Gasteiger partial charge in [-0.1, -0.05) is 18.2 Å². The van der Waals surface area contributed by atoms with Crippen LogP contribution in [-0.4, -0.2) is 22.8 Å². The van der Waals surface area contributed by atoms with Gasteiger partial charge in [0.05, 0.1) is 5.52 Å². The maximum Gasteiger partial charge on any atom is 0.0923 e. The molecule has 2 atom stereocenters. The van der Waals surface area contributed by atoms with Gasteiger partial charge in [-0.15, -0.1) is 0 Å². The summed E-state index contributed by atoms with van der Waals surface area (Å²) in [6.07, 6.45) is 2.41. The van der Waals surface area contributed by atoms with Gasteiger partial charge in [-0.3, -0.25) is 5.10 Å². The summed E-state index contributed by atoms with van der Waals surface area (Å²) < 4.78 is 0. The van der Waals surface area contributed by atoms with Gasteiger partial charge < -0.3 is 5.32 Å². The average Bonchev–Trinajstić information content (AvgIpc) is 2.72. The molecular weight excluding hydrogens is 198 g/mol. The Bertz CT molecular complexity index is 489. The maximum absolute atomic E-state index is 4.37. The van der Waals surface area contributed by atoms with Gasteiger partial charge in [0, 0.05) is 23.0 Å². The molecule has 2 heterocycles. The van der Waals surface area contributed by atoms with Crippen LogP contribution in [0.25, 0.3) is 10.9 Å². The molecule has 3 heteroatoms. The number of nitrogens with one attached hydrogen (secondary N) is 2. The lowest BCUT2D eigenvalue weighted by atomic mass is 9.89. The Morgan fingerprint density at radius 2 is 2.19 bits per heavy atom. The molecule has 1 aromatic heterocycles. The van der Waals surface area contributed by atoms with Crippen LogP contribution in [-0.2, 0) is 0 Å². The predicted molar refractivity (Wildman–Crippen MR) is 65.5 cm³/mol. The van der Waals surface area contributed by atoms with Gasteiger partial charge in [0.25, 0.3) is 0 Å². The highest BCUT2D eigenvalue weighted by atomic mass is 15.1. The summed E-state index contributed by atoms with van der Waals surface area (Å²) in [6.45, 7) is 3.36. The van der Waals surface area contributed by atoms with Crippen LogP contribution >= 0.6 is 0 Å². The number of hydrogen-bond acceptors (Lipinski definition) is 2. The van der Waals surface area contributed by atoms with E-state index in [1.165, 1.54) is 23.9 Å². The van der Waals surface area contributed by atoms with Gasteiger partial charge in [-0.25, -0.2) is 0 Å². The quantitative estimate of drug-likeness (QED) is 0.767. The fourth-order valence-electron chi connectivity index (χ4n) is 2.68. The van der Waals surface area contributed by atoms with E-state index in [-0.39, 0.29) is 0 Å². The molecule has 1 aliphatic heterocycles. The Morgan fingerprint density at radius 1 is 1.31 bits per heavy atom. The van der Waals surface area contributed by atoms with Gasteiger partial charge in [-0.05, 0) is 32.4 Å². The van der Waals surface area contributed by atoms with Crippen LogP contribution < -0.4 is 5.32 Å². The van der Waals surface area contributed by atoms with E-state index in [9.17, 15) is 0 Å². The van der Waals surface area contributed by atoms with Crippen LogP contribution in [0.15, 0.2) is 24.3 Å². The van der Waals surface area contributed by atoms with Crippen LogP contribution in [0, 0.1) is 0 Å². The number of fused-ring (bicyclic) bond motifs is 1. The van der Waals surface area contributed by atoms with Gasteiger partial charge in [-0.2, -0.15) is 5.10 Å². The summed E-state index contributed by atoms with van der Waals surface area (Å²) in [7, 11) is 0. The lowest BCUT2D eigenvalue weighted by molar-refractivity contribution is 0.377. The molecule has 0 saturated carbocycles. The van der Waals surface area contributed by atoms with E-state index >= 15 is 0 Å². The normalized spacial score (nSPS) is 26.1. The molecule has 0 radical (unpaired) electrons. The first-order valence-corrected chi connectivity index (χ1v) is 6.01. The molecule has 2 aromatic rings. The molecule has 84 valence electrons. The van der Waals surface area contributed by atoms with Crippen molar-refractivity contribution in [1.29, 1.82) is 0 Å². The lowest BCUT2D eigenvalue weighted by Crippen LogP contribution is -2.35. The van der Waals surface area contributed by atoms with Crippen LogP contribution in [0.5, 0.6) is 0 Å². The number of nitrogens with zero attached hydrogens (tertiary/aromatic N) is 1. The Balaban J connectivity index is 1.99. The monoisotopic (exact) mass is 215 g/mol. The fourth-order valence-corrected chi connectivity index (χ4v) is 2.68. The molecule has 3 nitrogen and oxygen atoms in total. The van der Waals surface area contributed by atoms with E-state index < -0.39 is 0 Å². The number of benzene rings is 1. The van der Waals surface area contributed by atoms with Crippen molar-refractivity contribution < 1.29 is 0 Å². The summed E-state index contributed by atoms with van der Waals surface area (Å²) >= 11 is 0. The molecule has 16 heavy (non-hydrogen) atoms. The standard InChI is InChI=1S/C13H17N3/c1-9-8-10(6-7-14-9)13-11-4-2-3-5-12(11)15-16-13/h2-5,9-10,14H,6-8H2,1H3,(H,15,16)/t9-,10+/m0/s1. The van der Waals surface area contributed by atoms with E-state index in [1.54, 1.807) is 0 Å². The average molecular weight is 215 g/mol. The van der Waals surface area contributed by atoms with Crippen molar-refractivity contribution in [2.75, 3.05) is 6.54 Å². The van der Waals surface area contributed by atoms with E-state index in [1.807, 2.05) is 6.07 Å². The number of aromatic amines is 1. The number of piperidine rings is 1. The molecule has 3 rings (SSSR count). The van der Waals surface area contributed by atoms with Crippen LogP contribution in [0.4, 0.5) is 0 Å². The lowest BCUT2D eigenvalue weighted by Gasteiger charge is -2.27. The Labute approximate surface area is 95.2 Å². The molecule has 0 unspecified atom stereocenters. The highest BCUT2D eigenvalue weighted by Crippen LogP contribution is 2.30. The maximum atomic E-state index is 4.37. The number of H-pyrrole nitrogens is 1. The van der Waals surface area contributed by atoms with Gasteiger partial charge in [0.2, 0.25) is 0 Å². The van der Waals surface area contributed by atoms with Crippen molar-refractivity contribution in [2.24, 2.45) is 0 Å². The fraction of sp³-hybridized carbons (Fsp3) is 0.462. The first kappa shape index (κ1) is 9.85. The summed E-state index contributed by atoms with van der Waals surface area (Å²) in [6, 6.07) is 8.98. The van der Waals surface area contributed by atoms with E-state index in [0.717, 1.165) is 12.1 Å². The van der Waals surface area contributed by atoms with Crippen LogP contribution in [0.2, 0.25) is 0 Å². The van der Waals surface area contributed by atoms with Gasteiger partial charge in [0.15, 0.2) is 0 Å². The smallest absolute Gasteiger partial charge is 0.0923 e. The van der Waals surface area contributed by atoms with Gasteiger partial charge in [0.1, 0.15) is 0 Å². The first-order valence-electron chi connectivity index (χ1n) is 6.01. The second kappa shape index (κ2) is 3.91. The molecule has 1 saturated heterocycles. The highest BCUT2D eigenvalue weighted by molar-refractivity contribution is 5.81. The first-order chi connectivity index (χ1) is 7.84. The van der Waals surface area contributed by atoms with Crippen molar-refractivity contribution in [3.05, 3.63) is 30.0 Å². The zero-order valence-electron chi connectivity index (χ0n) is 9.53. The summed E-state index contributed by atoms with van der Waals surface area (Å²) in [5.74, 6) is 0.628. The van der Waals surface area contributed by atoms with Crippen molar-refractivity contribution in [2.45, 2.75) is 31.7 Å². The van der Waals surface area contributed by atoms with Crippen LogP contribution in [0.1, 0.15) is 31.4 Å². The van der Waals surface area contributed by atoms with Crippen molar-refractivity contribution >= 4 is 10.9 Å². The van der Waals surface area contributed by atoms with E-state index in [2.05, 4.69) is 40.6 Å². The molecular formula is C13H17N3. The Hall–Kier alpha value is -1.35. The summed E-state index contributed by atoms with van der Waals surface area (Å²) in [5.41, 5.74) is 2.41. The number of aromatic nitrogens is 2. The molecule has 0 spiro atoms. The number of para-hydroxylation sites is 1. The minimum atomic E-state index is 0.612. The number of hydrogen-bond donors (Lipinski definition) is 2. The van der Waals surface area contributed by atoms with Crippen molar-refractivity contribution in [3.8, 4) is 0 Å². The second-order valence-electron chi connectivity index (χ2n) is 4.73. The Kier molecular flexibility index (Phi) is 2.40. The molecule has 1 fully saturated rings. The SMILES string of the molecule is C[C@H]1C[C@H](c2[nH]nc3ccccc23)CCN1. The molecule has 0 bridgehead atoms. The summed E-state index contributed by atoms with van der Waals surface area (Å²) in [5, 5.41) is 12.4. The minimum Gasteiger partial charge on any atom is -0.314 e. The van der Waals surface area contributed by atoms with E-state index in [0.29, 0.717) is 12.0 Å². The van der Waals surface area contributed by atoms with Gasteiger partial charge >= 0.3 is 0 Å². The predicted octanol–water partition coefficient (Wildman–Crippen LogP) is 2.42.